The van der Waals surface area contributed by atoms with Crippen LogP contribution in [0.2, 0.25) is 0 Å². The third kappa shape index (κ3) is 8.16. The number of carbonyl (C=O) groups excluding carboxylic acids is 1. The summed E-state index contributed by atoms with van der Waals surface area (Å²) in [7, 11) is 1.70. The molecule has 0 aliphatic heterocycles. The summed E-state index contributed by atoms with van der Waals surface area (Å²) in [6, 6.07) is 27.3. The average molecular weight is 377 g/mol. The topological polar surface area (TPSA) is 61.5 Å². The Morgan fingerprint density at radius 2 is 1.39 bits per heavy atom. The number of carbonyl (C=O) groups is 1. The predicted octanol–water partition coefficient (Wildman–Crippen LogP) is 4.17. The van der Waals surface area contributed by atoms with Crippen LogP contribution in [0.5, 0.6) is 5.75 Å². The maximum Gasteiger partial charge on any atom is 0.137 e. The fourth-order valence-electron chi connectivity index (χ4n) is 2.56. The van der Waals surface area contributed by atoms with Crippen molar-refractivity contribution in [2.75, 3.05) is 7.11 Å². The Balaban J connectivity index is 0.000000261. The lowest BCUT2D eigenvalue weighted by Crippen LogP contribution is -2.23. The van der Waals surface area contributed by atoms with Crippen molar-refractivity contribution >= 4 is 6.29 Å². The molecular formula is C24H27NO3. The number of aldehydes is 1. The molecule has 4 heteroatoms. The zero-order chi connectivity index (χ0) is 20.0. The molecule has 3 rings (SSSR count). The van der Waals surface area contributed by atoms with Crippen LogP contribution in [0.4, 0.5) is 0 Å². The minimum Gasteiger partial charge on any atom is -0.489 e. The molecule has 0 fully saturated rings. The van der Waals surface area contributed by atoms with Crippen LogP contribution in [0.3, 0.4) is 0 Å². The molecule has 146 valence electrons. The number of hydrogen-bond donors (Lipinski definition) is 1. The van der Waals surface area contributed by atoms with E-state index >= 15 is 0 Å². The summed E-state index contributed by atoms with van der Waals surface area (Å²) in [5.74, 6) is 0.791. The Kier molecular flexibility index (Phi) is 9.49. The van der Waals surface area contributed by atoms with E-state index in [0.29, 0.717) is 19.6 Å². The Bertz CT molecular complexity index is 806. The lowest BCUT2D eigenvalue weighted by Gasteiger charge is -2.09. The molecule has 3 aromatic carbocycles. The van der Waals surface area contributed by atoms with Gasteiger partial charge in [0.1, 0.15) is 18.6 Å². The van der Waals surface area contributed by atoms with Gasteiger partial charge in [-0.3, -0.25) is 0 Å². The predicted molar refractivity (Wildman–Crippen MR) is 112 cm³/mol. The Morgan fingerprint density at radius 1 is 0.821 bits per heavy atom. The summed E-state index contributed by atoms with van der Waals surface area (Å²) in [5, 5.41) is 0. The molecule has 0 spiro atoms. The highest BCUT2D eigenvalue weighted by Crippen LogP contribution is 2.16. The first-order chi connectivity index (χ1) is 13.7. The van der Waals surface area contributed by atoms with Crippen molar-refractivity contribution in [2.45, 2.75) is 25.7 Å². The average Bonchev–Trinajstić information content (AvgIpc) is 2.75. The molecule has 1 unspecified atom stereocenters. The van der Waals surface area contributed by atoms with E-state index < -0.39 is 6.04 Å². The summed E-state index contributed by atoms with van der Waals surface area (Å²) in [6.45, 7) is 1.24. The molecule has 0 saturated carbocycles. The van der Waals surface area contributed by atoms with Crippen LogP contribution in [0.25, 0.3) is 0 Å². The maximum absolute atomic E-state index is 10.5. The number of methoxy groups -OCH3 is 1. The zero-order valence-electron chi connectivity index (χ0n) is 16.2. The van der Waals surface area contributed by atoms with Crippen LogP contribution in [-0.4, -0.2) is 19.4 Å². The summed E-state index contributed by atoms with van der Waals surface area (Å²) in [6.07, 6.45) is 1.30. The van der Waals surface area contributed by atoms with E-state index in [9.17, 15) is 4.79 Å². The van der Waals surface area contributed by atoms with E-state index in [-0.39, 0.29) is 0 Å². The lowest BCUT2D eigenvalue weighted by atomic mass is 10.1. The largest absolute Gasteiger partial charge is 0.489 e. The van der Waals surface area contributed by atoms with Crippen molar-refractivity contribution in [1.29, 1.82) is 0 Å². The molecule has 4 nitrogen and oxygen atoms in total. The van der Waals surface area contributed by atoms with Crippen molar-refractivity contribution in [3.8, 4) is 5.75 Å². The van der Waals surface area contributed by atoms with Crippen LogP contribution in [0, 0.1) is 0 Å². The van der Waals surface area contributed by atoms with Crippen molar-refractivity contribution in [2.24, 2.45) is 5.73 Å². The lowest BCUT2D eigenvalue weighted by molar-refractivity contribution is -0.108. The summed E-state index contributed by atoms with van der Waals surface area (Å²) in [5.41, 5.74) is 8.96. The standard InChI is InChI=1S/C16H17NO2.C8H10O/c17-15(11-18)9-14-7-4-8-16(10-14)19-12-13-5-2-1-3-6-13;1-9-7-8-5-3-2-4-6-8/h1-8,10-11,15H,9,12,17H2;2-6H,7H2,1H3. The number of benzene rings is 3. The van der Waals surface area contributed by atoms with Gasteiger partial charge in [0.2, 0.25) is 0 Å². The zero-order valence-corrected chi connectivity index (χ0v) is 16.2. The molecule has 0 saturated heterocycles. The molecule has 0 bridgehead atoms. The van der Waals surface area contributed by atoms with Crippen LogP contribution < -0.4 is 10.5 Å². The summed E-state index contributed by atoms with van der Waals surface area (Å²) in [4.78, 5) is 10.5. The van der Waals surface area contributed by atoms with Crippen molar-refractivity contribution in [3.05, 3.63) is 102 Å². The van der Waals surface area contributed by atoms with E-state index in [1.807, 2.05) is 84.9 Å². The molecule has 3 aromatic rings. The van der Waals surface area contributed by atoms with Gasteiger partial charge in [-0.15, -0.1) is 0 Å². The second-order valence-corrected chi connectivity index (χ2v) is 6.34. The fourth-order valence-corrected chi connectivity index (χ4v) is 2.56. The van der Waals surface area contributed by atoms with Gasteiger partial charge in [-0.2, -0.15) is 0 Å². The molecule has 0 radical (unpaired) electrons. The minimum absolute atomic E-state index is 0.454. The maximum atomic E-state index is 10.5. The van der Waals surface area contributed by atoms with Gasteiger partial charge in [-0.05, 0) is 35.2 Å². The fraction of sp³-hybridized carbons (Fsp3) is 0.208. The SMILES string of the molecule is COCc1ccccc1.NC(C=O)Cc1cccc(OCc2ccccc2)c1. The molecule has 0 aromatic heterocycles. The van der Waals surface area contributed by atoms with Crippen LogP contribution in [0.15, 0.2) is 84.9 Å². The van der Waals surface area contributed by atoms with Crippen molar-refractivity contribution < 1.29 is 14.3 Å². The van der Waals surface area contributed by atoms with Crippen LogP contribution >= 0.6 is 0 Å². The van der Waals surface area contributed by atoms with Crippen molar-refractivity contribution in [1.82, 2.24) is 0 Å². The summed E-state index contributed by atoms with van der Waals surface area (Å²) >= 11 is 0. The molecule has 0 heterocycles. The van der Waals surface area contributed by atoms with Gasteiger partial charge in [0.15, 0.2) is 0 Å². The van der Waals surface area contributed by atoms with E-state index in [4.69, 9.17) is 15.2 Å². The van der Waals surface area contributed by atoms with Crippen molar-refractivity contribution in [3.63, 3.8) is 0 Å². The molecule has 28 heavy (non-hydrogen) atoms. The number of hydrogen-bond acceptors (Lipinski definition) is 4. The monoisotopic (exact) mass is 377 g/mol. The molecule has 0 aliphatic rings. The third-order valence-electron chi connectivity index (χ3n) is 3.95. The first-order valence-corrected chi connectivity index (χ1v) is 9.20. The first-order valence-electron chi connectivity index (χ1n) is 9.20. The number of ether oxygens (including phenoxy) is 2. The second kappa shape index (κ2) is 12.4. The number of rotatable bonds is 8. The molecule has 0 amide bonds. The molecule has 1 atom stereocenters. The highest BCUT2D eigenvalue weighted by molar-refractivity contribution is 5.58. The number of nitrogens with two attached hydrogens (primary N) is 1. The van der Waals surface area contributed by atoms with Gasteiger partial charge >= 0.3 is 0 Å². The Hall–Kier alpha value is -2.95. The highest BCUT2D eigenvalue weighted by Gasteiger charge is 2.03. The minimum atomic E-state index is -0.454. The first kappa shape index (κ1) is 21.4. The Morgan fingerprint density at radius 3 is 1.96 bits per heavy atom. The van der Waals surface area contributed by atoms with Crippen LogP contribution in [-0.2, 0) is 29.2 Å². The van der Waals surface area contributed by atoms with Gasteiger partial charge in [-0.1, -0.05) is 72.8 Å². The van der Waals surface area contributed by atoms with Gasteiger partial charge < -0.3 is 20.0 Å². The third-order valence-corrected chi connectivity index (χ3v) is 3.95. The van der Waals surface area contributed by atoms with Gasteiger partial charge in [0, 0.05) is 7.11 Å². The molecule has 2 N–H and O–H groups in total. The second-order valence-electron chi connectivity index (χ2n) is 6.34. The summed E-state index contributed by atoms with van der Waals surface area (Å²) < 4.78 is 10.6. The molecule has 0 aliphatic carbocycles. The quantitative estimate of drug-likeness (QED) is 0.599. The van der Waals surface area contributed by atoms with E-state index in [0.717, 1.165) is 23.2 Å². The molecular weight excluding hydrogens is 350 g/mol. The van der Waals surface area contributed by atoms with Gasteiger partial charge in [-0.25, -0.2) is 0 Å². The van der Waals surface area contributed by atoms with Crippen LogP contribution in [0.1, 0.15) is 16.7 Å². The van der Waals surface area contributed by atoms with Gasteiger partial charge in [0.25, 0.3) is 0 Å². The smallest absolute Gasteiger partial charge is 0.137 e. The Labute approximate surface area is 166 Å². The van der Waals surface area contributed by atoms with E-state index in [1.165, 1.54) is 5.56 Å². The van der Waals surface area contributed by atoms with E-state index in [1.54, 1.807) is 7.11 Å². The highest BCUT2D eigenvalue weighted by atomic mass is 16.5. The normalized spacial score (nSPS) is 11.1. The van der Waals surface area contributed by atoms with Gasteiger partial charge in [0.05, 0.1) is 12.6 Å². The van der Waals surface area contributed by atoms with E-state index in [2.05, 4.69) is 0 Å².